The van der Waals surface area contributed by atoms with Crippen LogP contribution in [-0.2, 0) is 15.2 Å². The Balaban J connectivity index is 0.00000392. The maximum absolute atomic E-state index is 5.73. The van der Waals surface area contributed by atoms with Crippen molar-refractivity contribution >= 4 is 41.7 Å². The van der Waals surface area contributed by atoms with Gasteiger partial charge in [0.05, 0.1) is 13.2 Å². The molecular formula is C21H36IN3O2S. The van der Waals surface area contributed by atoms with Gasteiger partial charge in [0.2, 0.25) is 0 Å². The average molecular weight is 522 g/mol. The van der Waals surface area contributed by atoms with Crippen LogP contribution in [0.25, 0.3) is 0 Å². The maximum atomic E-state index is 5.73. The summed E-state index contributed by atoms with van der Waals surface area (Å²) in [5, 5.41) is 6.72. The topological polar surface area (TPSA) is 54.9 Å². The normalized spacial score (nSPS) is 16.6. The summed E-state index contributed by atoms with van der Waals surface area (Å²) in [6.07, 6.45) is 2.08. The van der Waals surface area contributed by atoms with Crippen LogP contribution in [0.4, 0.5) is 0 Å². The second-order valence-corrected chi connectivity index (χ2v) is 7.99. The predicted molar refractivity (Wildman–Crippen MR) is 131 cm³/mol. The number of nitrogens with zero attached hydrogens (tertiary/aromatic N) is 1. The van der Waals surface area contributed by atoms with Crippen molar-refractivity contribution in [3.8, 4) is 0 Å². The van der Waals surface area contributed by atoms with E-state index in [-0.39, 0.29) is 24.0 Å². The minimum atomic E-state index is 0. The number of ether oxygens (including phenoxy) is 2. The van der Waals surface area contributed by atoms with Gasteiger partial charge in [0.1, 0.15) is 0 Å². The van der Waals surface area contributed by atoms with Crippen molar-refractivity contribution in [1.82, 2.24) is 10.6 Å². The Labute approximate surface area is 191 Å². The fourth-order valence-corrected chi connectivity index (χ4v) is 3.60. The highest BCUT2D eigenvalue weighted by Crippen LogP contribution is 2.13. The zero-order chi connectivity index (χ0) is 19.2. The van der Waals surface area contributed by atoms with Crippen molar-refractivity contribution in [2.24, 2.45) is 10.9 Å². The van der Waals surface area contributed by atoms with Gasteiger partial charge >= 0.3 is 0 Å². The van der Waals surface area contributed by atoms with Gasteiger partial charge in [-0.25, -0.2) is 0 Å². The molecule has 2 N–H and O–H groups in total. The summed E-state index contributed by atoms with van der Waals surface area (Å²) in [6, 6.07) is 8.77. The van der Waals surface area contributed by atoms with Gasteiger partial charge in [0.25, 0.3) is 0 Å². The molecule has 0 radical (unpaired) electrons. The highest BCUT2D eigenvalue weighted by molar-refractivity contribution is 14.0. The summed E-state index contributed by atoms with van der Waals surface area (Å²) >= 11 is 1.94. The molecule has 0 bridgehead atoms. The molecular weight excluding hydrogens is 485 g/mol. The molecule has 1 fully saturated rings. The molecule has 1 aliphatic heterocycles. The van der Waals surface area contributed by atoms with Crippen molar-refractivity contribution in [3.63, 3.8) is 0 Å². The number of aryl methyl sites for hydroxylation is 1. The van der Waals surface area contributed by atoms with Gasteiger partial charge in [-0.15, -0.1) is 24.0 Å². The molecule has 1 atom stereocenters. The fourth-order valence-electron chi connectivity index (χ4n) is 2.78. The summed E-state index contributed by atoms with van der Waals surface area (Å²) in [5.41, 5.74) is 2.70. The van der Waals surface area contributed by atoms with E-state index in [9.17, 15) is 0 Å². The third-order valence-electron chi connectivity index (χ3n) is 4.37. The number of hydrogen-bond acceptors (Lipinski definition) is 4. The lowest BCUT2D eigenvalue weighted by molar-refractivity contribution is 0.0893. The van der Waals surface area contributed by atoms with Crippen molar-refractivity contribution in [2.45, 2.75) is 32.4 Å². The lowest BCUT2D eigenvalue weighted by atomic mass is 10.1. The molecule has 1 heterocycles. The Hall–Kier alpha value is -0.510. The molecule has 0 aromatic heterocycles. The van der Waals surface area contributed by atoms with Gasteiger partial charge in [-0.05, 0) is 32.3 Å². The average Bonchev–Trinajstić information content (AvgIpc) is 3.19. The Bertz CT molecular complexity index is 537. The number of guanidine groups is 1. The van der Waals surface area contributed by atoms with Crippen LogP contribution in [0.1, 0.15) is 30.9 Å². The first-order valence-corrected chi connectivity index (χ1v) is 11.2. The van der Waals surface area contributed by atoms with Gasteiger partial charge in [0, 0.05) is 50.3 Å². The van der Waals surface area contributed by atoms with E-state index in [1.165, 1.54) is 11.1 Å². The maximum Gasteiger partial charge on any atom is 0.191 e. The Morgan fingerprint density at radius 2 is 2.11 bits per heavy atom. The van der Waals surface area contributed by atoms with Crippen LogP contribution in [0.15, 0.2) is 29.3 Å². The largest absolute Gasteiger partial charge is 0.381 e. The van der Waals surface area contributed by atoms with Crippen LogP contribution in [0.3, 0.4) is 0 Å². The molecule has 1 aromatic rings. The van der Waals surface area contributed by atoms with E-state index in [1.54, 1.807) is 0 Å². The highest BCUT2D eigenvalue weighted by atomic mass is 127. The van der Waals surface area contributed by atoms with Gasteiger partial charge < -0.3 is 20.1 Å². The quantitative estimate of drug-likeness (QED) is 0.190. The summed E-state index contributed by atoms with van der Waals surface area (Å²) in [4.78, 5) is 4.63. The third-order valence-corrected chi connectivity index (χ3v) is 5.40. The minimum Gasteiger partial charge on any atom is -0.381 e. The summed E-state index contributed by atoms with van der Waals surface area (Å²) in [7, 11) is 0. The molecule has 28 heavy (non-hydrogen) atoms. The van der Waals surface area contributed by atoms with E-state index in [1.807, 2.05) is 11.8 Å². The second kappa shape index (κ2) is 16.3. The van der Waals surface area contributed by atoms with Crippen molar-refractivity contribution in [2.75, 3.05) is 51.8 Å². The summed E-state index contributed by atoms with van der Waals surface area (Å²) < 4.78 is 11.1. The van der Waals surface area contributed by atoms with Crippen LogP contribution in [-0.4, -0.2) is 57.8 Å². The molecule has 1 saturated heterocycles. The molecule has 160 valence electrons. The van der Waals surface area contributed by atoms with Gasteiger partial charge in [-0.1, -0.05) is 29.8 Å². The number of hydrogen-bond donors (Lipinski definition) is 2. The Morgan fingerprint density at radius 3 is 2.82 bits per heavy atom. The molecule has 2 rings (SSSR count). The van der Waals surface area contributed by atoms with E-state index in [2.05, 4.69) is 53.7 Å². The summed E-state index contributed by atoms with van der Waals surface area (Å²) in [6.45, 7) is 10.1. The first-order chi connectivity index (χ1) is 13.3. The molecule has 1 unspecified atom stereocenters. The first kappa shape index (κ1) is 25.5. The van der Waals surface area contributed by atoms with Crippen molar-refractivity contribution in [1.29, 1.82) is 0 Å². The predicted octanol–water partition coefficient (Wildman–Crippen LogP) is 3.84. The van der Waals surface area contributed by atoms with Crippen LogP contribution in [0.2, 0.25) is 0 Å². The van der Waals surface area contributed by atoms with E-state index in [0.717, 1.165) is 76.4 Å². The molecule has 5 nitrogen and oxygen atoms in total. The molecule has 0 spiro atoms. The monoisotopic (exact) mass is 521 g/mol. The Kier molecular flexibility index (Phi) is 14.9. The van der Waals surface area contributed by atoms with E-state index in [0.29, 0.717) is 5.92 Å². The van der Waals surface area contributed by atoms with E-state index in [4.69, 9.17) is 9.47 Å². The lowest BCUT2D eigenvalue weighted by Gasteiger charge is -2.11. The van der Waals surface area contributed by atoms with E-state index >= 15 is 0 Å². The minimum absolute atomic E-state index is 0. The van der Waals surface area contributed by atoms with Crippen LogP contribution in [0.5, 0.6) is 0 Å². The number of benzene rings is 1. The molecule has 1 aliphatic rings. The zero-order valence-corrected chi connectivity index (χ0v) is 20.4. The van der Waals surface area contributed by atoms with Crippen LogP contribution >= 0.6 is 35.7 Å². The molecule has 0 amide bonds. The third kappa shape index (κ3) is 11.5. The lowest BCUT2D eigenvalue weighted by Crippen LogP contribution is -2.38. The molecule has 1 aromatic carbocycles. The first-order valence-electron chi connectivity index (χ1n) is 10.1. The van der Waals surface area contributed by atoms with Crippen LogP contribution < -0.4 is 10.6 Å². The standard InChI is InChI=1S/C21H35N3O2S.HI/c1-3-22-21(23-10-4-12-25-15-20-9-13-26-16-20)24-11-14-27-17-19-7-5-18(2)6-8-19;/h5-8,20H,3-4,9-17H2,1-2H3,(H2,22,23,24);1H. The van der Waals surface area contributed by atoms with Gasteiger partial charge in [-0.2, -0.15) is 11.8 Å². The molecule has 0 aliphatic carbocycles. The number of nitrogens with one attached hydrogen (secondary N) is 2. The van der Waals surface area contributed by atoms with Crippen molar-refractivity contribution in [3.05, 3.63) is 35.4 Å². The molecule has 0 saturated carbocycles. The Morgan fingerprint density at radius 1 is 1.29 bits per heavy atom. The van der Waals surface area contributed by atoms with E-state index < -0.39 is 0 Å². The van der Waals surface area contributed by atoms with Crippen LogP contribution in [0, 0.1) is 12.8 Å². The van der Waals surface area contributed by atoms with Crippen molar-refractivity contribution < 1.29 is 9.47 Å². The smallest absolute Gasteiger partial charge is 0.191 e. The van der Waals surface area contributed by atoms with Gasteiger partial charge in [0.15, 0.2) is 5.96 Å². The SMILES string of the molecule is CCNC(=NCCCOCC1CCOC1)NCCSCc1ccc(C)cc1.I. The zero-order valence-electron chi connectivity index (χ0n) is 17.2. The number of aliphatic imine (C=N–C) groups is 1. The number of rotatable bonds is 12. The summed E-state index contributed by atoms with van der Waals surface area (Å²) in [5.74, 6) is 3.60. The molecule has 7 heteroatoms. The fraction of sp³-hybridized carbons (Fsp3) is 0.667. The highest BCUT2D eigenvalue weighted by Gasteiger charge is 2.15. The second-order valence-electron chi connectivity index (χ2n) is 6.88. The number of thioether (sulfide) groups is 1. The number of halogens is 1. The van der Waals surface area contributed by atoms with Gasteiger partial charge in [-0.3, -0.25) is 4.99 Å².